The van der Waals surface area contributed by atoms with Gasteiger partial charge in [0.25, 0.3) is 0 Å². The SMILES string of the molecule is C1=CCN(c2cc3ccccc3cn2)C=C1. The van der Waals surface area contributed by atoms with Crippen LogP contribution in [0.15, 0.2) is 61.0 Å². The monoisotopic (exact) mass is 208 g/mol. The Morgan fingerprint density at radius 2 is 1.94 bits per heavy atom. The van der Waals surface area contributed by atoms with Gasteiger partial charge in [-0.1, -0.05) is 36.4 Å². The first kappa shape index (κ1) is 9.16. The van der Waals surface area contributed by atoms with E-state index in [1.807, 2.05) is 18.3 Å². The third-order valence-corrected chi connectivity index (χ3v) is 2.73. The molecule has 0 aliphatic carbocycles. The molecular formula is C14H12N2. The van der Waals surface area contributed by atoms with E-state index in [0.717, 1.165) is 12.4 Å². The van der Waals surface area contributed by atoms with E-state index in [1.54, 1.807) is 0 Å². The fraction of sp³-hybridized carbons (Fsp3) is 0.0714. The zero-order valence-electron chi connectivity index (χ0n) is 8.88. The lowest BCUT2D eigenvalue weighted by Crippen LogP contribution is -2.18. The minimum atomic E-state index is 0.891. The van der Waals surface area contributed by atoms with Gasteiger partial charge in [-0.2, -0.15) is 0 Å². The van der Waals surface area contributed by atoms with Gasteiger partial charge in [-0.05, 0) is 17.5 Å². The van der Waals surface area contributed by atoms with Crippen molar-refractivity contribution >= 4 is 16.6 Å². The van der Waals surface area contributed by atoms with Crippen LogP contribution in [0.5, 0.6) is 0 Å². The molecule has 0 bridgehead atoms. The molecule has 0 N–H and O–H groups in total. The van der Waals surface area contributed by atoms with Crippen LogP contribution in [0.1, 0.15) is 0 Å². The van der Waals surface area contributed by atoms with E-state index in [1.165, 1.54) is 10.8 Å². The van der Waals surface area contributed by atoms with Gasteiger partial charge in [-0.25, -0.2) is 4.98 Å². The van der Waals surface area contributed by atoms with Crippen molar-refractivity contribution in [1.82, 2.24) is 4.98 Å². The molecule has 0 atom stereocenters. The maximum Gasteiger partial charge on any atom is 0.133 e. The summed E-state index contributed by atoms with van der Waals surface area (Å²) in [6.45, 7) is 0.891. The van der Waals surface area contributed by atoms with Gasteiger partial charge in [0.15, 0.2) is 0 Å². The van der Waals surface area contributed by atoms with Crippen LogP contribution in [-0.2, 0) is 0 Å². The molecule has 0 unspecified atom stereocenters. The van der Waals surface area contributed by atoms with Crippen LogP contribution in [0.2, 0.25) is 0 Å². The lowest BCUT2D eigenvalue weighted by atomic mass is 10.2. The minimum absolute atomic E-state index is 0.891. The number of hydrogen-bond donors (Lipinski definition) is 0. The van der Waals surface area contributed by atoms with Crippen molar-refractivity contribution in [2.24, 2.45) is 0 Å². The third kappa shape index (κ3) is 1.58. The van der Waals surface area contributed by atoms with Crippen molar-refractivity contribution in [3.8, 4) is 0 Å². The summed E-state index contributed by atoms with van der Waals surface area (Å²) in [5.41, 5.74) is 0. The number of hydrogen-bond acceptors (Lipinski definition) is 2. The zero-order chi connectivity index (χ0) is 10.8. The molecular weight excluding hydrogens is 196 g/mol. The van der Waals surface area contributed by atoms with Gasteiger partial charge in [0.1, 0.15) is 5.82 Å². The molecule has 78 valence electrons. The lowest BCUT2D eigenvalue weighted by molar-refractivity contribution is 1.03. The Hall–Kier alpha value is -2.09. The molecule has 16 heavy (non-hydrogen) atoms. The number of allylic oxidation sites excluding steroid dienone is 2. The maximum atomic E-state index is 4.47. The van der Waals surface area contributed by atoms with Gasteiger partial charge in [-0.3, -0.25) is 0 Å². The molecule has 2 aromatic rings. The average Bonchev–Trinajstić information content (AvgIpc) is 2.39. The standard InChI is InChI=1S/C14H12N2/c1-4-8-16(9-5-1)14-10-12-6-2-3-7-13(12)11-15-14/h1-8,10-11H,9H2. The highest BCUT2D eigenvalue weighted by Crippen LogP contribution is 2.20. The number of benzene rings is 1. The second kappa shape index (κ2) is 3.81. The highest BCUT2D eigenvalue weighted by Gasteiger charge is 2.05. The lowest BCUT2D eigenvalue weighted by Gasteiger charge is -2.19. The van der Waals surface area contributed by atoms with Crippen LogP contribution in [0, 0.1) is 0 Å². The van der Waals surface area contributed by atoms with E-state index < -0.39 is 0 Å². The highest BCUT2D eigenvalue weighted by molar-refractivity contribution is 5.84. The van der Waals surface area contributed by atoms with Crippen molar-refractivity contribution in [1.29, 1.82) is 0 Å². The number of pyridine rings is 1. The molecule has 2 heterocycles. The van der Waals surface area contributed by atoms with Crippen molar-refractivity contribution in [2.45, 2.75) is 0 Å². The normalized spacial score (nSPS) is 14.6. The fourth-order valence-electron chi connectivity index (χ4n) is 1.87. The largest absolute Gasteiger partial charge is 0.329 e. The van der Waals surface area contributed by atoms with Crippen LogP contribution in [0.3, 0.4) is 0 Å². The molecule has 0 spiro atoms. The fourth-order valence-corrected chi connectivity index (χ4v) is 1.87. The summed E-state index contributed by atoms with van der Waals surface area (Å²) in [6.07, 6.45) is 10.2. The zero-order valence-corrected chi connectivity index (χ0v) is 8.88. The molecule has 1 aromatic carbocycles. The van der Waals surface area contributed by atoms with Crippen molar-refractivity contribution in [3.63, 3.8) is 0 Å². The van der Waals surface area contributed by atoms with E-state index in [4.69, 9.17) is 0 Å². The third-order valence-electron chi connectivity index (χ3n) is 2.73. The smallest absolute Gasteiger partial charge is 0.133 e. The highest BCUT2D eigenvalue weighted by atomic mass is 15.2. The second-order valence-corrected chi connectivity index (χ2v) is 3.81. The van der Waals surface area contributed by atoms with E-state index in [0.29, 0.717) is 0 Å². The van der Waals surface area contributed by atoms with Crippen LogP contribution in [-0.4, -0.2) is 11.5 Å². The number of nitrogens with zero attached hydrogens (tertiary/aromatic N) is 2. The molecule has 0 saturated heterocycles. The summed E-state index contributed by atoms with van der Waals surface area (Å²) in [7, 11) is 0. The van der Waals surface area contributed by atoms with E-state index >= 15 is 0 Å². The quantitative estimate of drug-likeness (QED) is 0.715. The Morgan fingerprint density at radius 3 is 2.75 bits per heavy atom. The number of fused-ring (bicyclic) bond motifs is 1. The van der Waals surface area contributed by atoms with Crippen molar-refractivity contribution in [2.75, 3.05) is 11.4 Å². The van der Waals surface area contributed by atoms with Gasteiger partial charge >= 0.3 is 0 Å². The van der Waals surface area contributed by atoms with E-state index in [-0.39, 0.29) is 0 Å². The van der Waals surface area contributed by atoms with Crippen LogP contribution >= 0.6 is 0 Å². The summed E-state index contributed by atoms with van der Waals surface area (Å²) in [6, 6.07) is 10.4. The Labute approximate surface area is 94.5 Å². The minimum Gasteiger partial charge on any atom is -0.329 e. The number of aromatic nitrogens is 1. The van der Waals surface area contributed by atoms with Gasteiger partial charge in [-0.15, -0.1) is 0 Å². The summed E-state index contributed by atoms with van der Waals surface area (Å²) in [4.78, 5) is 6.60. The van der Waals surface area contributed by atoms with Crippen LogP contribution < -0.4 is 4.90 Å². The summed E-state index contributed by atoms with van der Waals surface area (Å²) in [5, 5.41) is 2.42. The second-order valence-electron chi connectivity index (χ2n) is 3.81. The predicted octanol–water partition coefficient (Wildman–Crippen LogP) is 3.12. The van der Waals surface area contributed by atoms with Gasteiger partial charge in [0, 0.05) is 24.3 Å². The number of rotatable bonds is 1. The molecule has 0 saturated carbocycles. The summed E-state index contributed by atoms with van der Waals surface area (Å²) >= 11 is 0. The summed E-state index contributed by atoms with van der Waals surface area (Å²) < 4.78 is 0. The van der Waals surface area contributed by atoms with E-state index in [2.05, 4.69) is 52.5 Å². The number of anilines is 1. The van der Waals surface area contributed by atoms with Crippen LogP contribution in [0.25, 0.3) is 10.8 Å². The maximum absolute atomic E-state index is 4.47. The van der Waals surface area contributed by atoms with Gasteiger partial charge in [0.05, 0.1) is 0 Å². The molecule has 1 aliphatic rings. The van der Waals surface area contributed by atoms with Gasteiger partial charge in [0.2, 0.25) is 0 Å². The average molecular weight is 208 g/mol. The molecule has 0 amide bonds. The Morgan fingerprint density at radius 1 is 1.06 bits per heavy atom. The van der Waals surface area contributed by atoms with E-state index in [9.17, 15) is 0 Å². The molecule has 0 radical (unpaired) electrons. The molecule has 0 fully saturated rings. The molecule has 3 rings (SSSR count). The van der Waals surface area contributed by atoms with Crippen molar-refractivity contribution < 1.29 is 0 Å². The molecule has 2 heteroatoms. The molecule has 1 aliphatic heterocycles. The first-order valence-electron chi connectivity index (χ1n) is 5.38. The first-order valence-corrected chi connectivity index (χ1v) is 5.38. The van der Waals surface area contributed by atoms with Crippen LogP contribution in [0.4, 0.5) is 5.82 Å². The van der Waals surface area contributed by atoms with Crippen molar-refractivity contribution in [3.05, 3.63) is 61.0 Å². The Kier molecular flexibility index (Phi) is 2.18. The molecule has 2 nitrogen and oxygen atoms in total. The van der Waals surface area contributed by atoms with Gasteiger partial charge < -0.3 is 4.90 Å². The topological polar surface area (TPSA) is 16.1 Å². The summed E-state index contributed by atoms with van der Waals surface area (Å²) in [5.74, 6) is 0.999. The molecule has 1 aromatic heterocycles. The predicted molar refractivity (Wildman–Crippen MR) is 67.4 cm³/mol. The first-order chi connectivity index (χ1) is 7.93. The Balaban J connectivity index is 2.05. The Bertz CT molecular complexity index is 570.